The van der Waals surface area contributed by atoms with Gasteiger partial charge in [-0.05, 0) is 62.3 Å². The topological polar surface area (TPSA) is 92.2 Å². The molecule has 248 valence electrons. The Morgan fingerprint density at radius 2 is 1.78 bits per heavy atom. The quantitative estimate of drug-likeness (QED) is 0.161. The van der Waals surface area contributed by atoms with Gasteiger partial charge in [0.25, 0.3) is 0 Å². The van der Waals surface area contributed by atoms with Crippen molar-refractivity contribution in [3.63, 3.8) is 0 Å². The molecule has 1 aliphatic carbocycles. The van der Waals surface area contributed by atoms with E-state index in [9.17, 15) is 14.7 Å². The fourth-order valence-corrected chi connectivity index (χ4v) is 6.75. The number of piperazine rings is 1. The van der Waals surface area contributed by atoms with Crippen LogP contribution in [0.15, 0.2) is 60.3 Å². The molecule has 3 heterocycles. The smallest absolute Gasteiger partial charge is 0.410 e. The molecule has 8 heteroatoms. The van der Waals surface area contributed by atoms with Gasteiger partial charge < -0.3 is 19.5 Å². The largest absolute Gasteiger partial charge is 0.457 e. The maximum absolute atomic E-state index is 13.4. The number of rotatable bonds is 6. The van der Waals surface area contributed by atoms with Gasteiger partial charge in [0.1, 0.15) is 12.2 Å². The standard InChI is InChI=1S/C37H55N3O5/c1-27(33-16-9-10-21-38-33)12-11-13-29(3)36-30(4)18-20-34(28(2)17-19-32(41)26-35(42)45-36)44-37(43)40-24-22-39(23-25-40)31-14-7-5-6-8-15-31/h9-13,16,18,20-21,27-28,30-32,34,36,41H,5-8,14-15,17,19,22-26H2,1-4H3/b12-11+,20-18+,29-13+/t27-,28+,30-,32-,34+,36+/m0/s1. The zero-order valence-corrected chi connectivity index (χ0v) is 27.9. The molecule has 6 atom stereocenters. The van der Waals surface area contributed by atoms with Gasteiger partial charge in [0.05, 0.1) is 12.5 Å². The van der Waals surface area contributed by atoms with Gasteiger partial charge in [0.2, 0.25) is 0 Å². The Bertz CT molecular complexity index is 1150. The van der Waals surface area contributed by atoms with E-state index in [2.05, 4.69) is 22.9 Å². The van der Waals surface area contributed by atoms with E-state index in [4.69, 9.17) is 9.47 Å². The number of aliphatic hydroxyl groups is 1. The van der Waals surface area contributed by atoms with Crippen LogP contribution in [0.25, 0.3) is 0 Å². The lowest BCUT2D eigenvalue weighted by atomic mass is 9.92. The van der Waals surface area contributed by atoms with Crippen molar-refractivity contribution in [3.8, 4) is 0 Å². The summed E-state index contributed by atoms with van der Waals surface area (Å²) in [6.45, 7) is 11.3. The van der Waals surface area contributed by atoms with Crippen molar-refractivity contribution in [2.24, 2.45) is 11.8 Å². The molecule has 2 fully saturated rings. The van der Waals surface area contributed by atoms with Gasteiger partial charge in [-0.1, -0.05) is 76.8 Å². The first-order valence-corrected chi connectivity index (χ1v) is 17.2. The zero-order valence-electron chi connectivity index (χ0n) is 27.9. The van der Waals surface area contributed by atoms with Crippen molar-refractivity contribution in [3.05, 3.63) is 66.0 Å². The Labute approximate surface area is 270 Å². The summed E-state index contributed by atoms with van der Waals surface area (Å²) in [5, 5.41) is 10.6. The van der Waals surface area contributed by atoms with Crippen LogP contribution in [0.5, 0.6) is 0 Å². The monoisotopic (exact) mass is 621 g/mol. The molecule has 45 heavy (non-hydrogen) atoms. The first-order valence-electron chi connectivity index (χ1n) is 17.2. The van der Waals surface area contributed by atoms with Crippen molar-refractivity contribution in [2.45, 2.75) is 116 Å². The third kappa shape index (κ3) is 10.8. The average molecular weight is 622 g/mol. The van der Waals surface area contributed by atoms with Crippen molar-refractivity contribution in [1.82, 2.24) is 14.8 Å². The summed E-state index contributed by atoms with van der Waals surface area (Å²) in [5.74, 6) is -0.454. The molecule has 0 unspecified atom stereocenters. The lowest BCUT2D eigenvalue weighted by molar-refractivity contribution is -0.151. The van der Waals surface area contributed by atoms with Crippen LogP contribution < -0.4 is 0 Å². The summed E-state index contributed by atoms with van der Waals surface area (Å²) in [6.07, 6.45) is 18.6. The van der Waals surface area contributed by atoms with Gasteiger partial charge in [-0.3, -0.25) is 14.7 Å². The molecule has 1 aromatic heterocycles. The molecule has 0 spiro atoms. The predicted octanol–water partition coefficient (Wildman–Crippen LogP) is 6.82. The molecular weight excluding hydrogens is 566 g/mol. The Morgan fingerprint density at radius 1 is 1.04 bits per heavy atom. The van der Waals surface area contributed by atoms with Gasteiger partial charge in [0.15, 0.2) is 0 Å². The van der Waals surface area contributed by atoms with Gasteiger partial charge >= 0.3 is 12.1 Å². The van der Waals surface area contributed by atoms with E-state index in [1.807, 2.05) is 68.2 Å². The SMILES string of the molecule is C/C(=C\C=C\[C@H](C)c1ccccn1)[C@H]1OC(=O)C[C@@H](O)CC[C@@H](C)[C@H](OC(=O)N2CCN(C3CCCCCC3)CC2)/C=C/[C@@H]1C. The van der Waals surface area contributed by atoms with Crippen LogP contribution in [0.2, 0.25) is 0 Å². The Kier molecular flexibility index (Phi) is 13.7. The third-order valence-electron chi connectivity index (χ3n) is 9.77. The minimum Gasteiger partial charge on any atom is -0.457 e. The maximum Gasteiger partial charge on any atom is 0.410 e. The molecule has 0 radical (unpaired) electrons. The number of aromatic nitrogens is 1. The van der Waals surface area contributed by atoms with Gasteiger partial charge in [-0.2, -0.15) is 0 Å². The summed E-state index contributed by atoms with van der Waals surface area (Å²) < 4.78 is 12.1. The van der Waals surface area contributed by atoms with Gasteiger partial charge in [-0.25, -0.2) is 4.79 Å². The van der Waals surface area contributed by atoms with Crippen LogP contribution in [0.1, 0.15) is 97.1 Å². The molecule has 2 aliphatic heterocycles. The minimum absolute atomic E-state index is 0.0131. The number of pyridine rings is 1. The van der Waals surface area contributed by atoms with Crippen LogP contribution >= 0.6 is 0 Å². The Morgan fingerprint density at radius 3 is 2.47 bits per heavy atom. The number of ether oxygens (including phenoxy) is 2. The van der Waals surface area contributed by atoms with E-state index >= 15 is 0 Å². The van der Waals surface area contributed by atoms with Gasteiger partial charge in [-0.15, -0.1) is 0 Å². The summed E-state index contributed by atoms with van der Waals surface area (Å²) in [7, 11) is 0. The lowest BCUT2D eigenvalue weighted by Gasteiger charge is -2.39. The molecule has 1 amide bonds. The molecule has 1 saturated carbocycles. The van der Waals surface area contributed by atoms with Crippen molar-refractivity contribution in [1.29, 1.82) is 0 Å². The van der Waals surface area contributed by atoms with E-state index in [-0.39, 0.29) is 30.3 Å². The number of carbonyl (C=O) groups excluding carboxylic acids is 2. The number of allylic oxidation sites excluding steroid dienone is 3. The molecule has 8 nitrogen and oxygen atoms in total. The number of amides is 1. The number of nitrogens with zero attached hydrogens (tertiary/aromatic N) is 3. The van der Waals surface area contributed by atoms with Crippen LogP contribution in [0.4, 0.5) is 4.79 Å². The first kappa shape index (κ1) is 34.9. The molecule has 1 aromatic rings. The highest BCUT2D eigenvalue weighted by molar-refractivity contribution is 5.70. The van der Waals surface area contributed by atoms with E-state index in [0.717, 1.165) is 24.4 Å². The number of carbonyl (C=O) groups is 2. The van der Waals surface area contributed by atoms with E-state index in [0.29, 0.717) is 32.0 Å². The van der Waals surface area contributed by atoms with Crippen LogP contribution in [0.3, 0.4) is 0 Å². The highest BCUT2D eigenvalue weighted by Crippen LogP contribution is 2.26. The number of hydrogen-bond acceptors (Lipinski definition) is 7. The molecule has 1 saturated heterocycles. The van der Waals surface area contributed by atoms with Crippen molar-refractivity contribution < 1.29 is 24.2 Å². The summed E-state index contributed by atoms with van der Waals surface area (Å²) in [4.78, 5) is 35.0. The average Bonchev–Trinajstić information content (AvgIpc) is 3.34. The van der Waals surface area contributed by atoms with E-state index in [1.54, 1.807) is 6.20 Å². The van der Waals surface area contributed by atoms with Crippen molar-refractivity contribution in [2.75, 3.05) is 26.2 Å². The summed E-state index contributed by atoms with van der Waals surface area (Å²) >= 11 is 0. The second-order valence-electron chi connectivity index (χ2n) is 13.4. The molecular formula is C37H55N3O5. The van der Waals surface area contributed by atoms with E-state index < -0.39 is 24.3 Å². The summed E-state index contributed by atoms with van der Waals surface area (Å²) in [5.41, 5.74) is 1.88. The van der Waals surface area contributed by atoms with Crippen LogP contribution in [-0.2, 0) is 14.3 Å². The minimum atomic E-state index is -0.809. The molecule has 1 N–H and O–H groups in total. The number of esters is 1. The Hall–Kier alpha value is -2.97. The second-order valence-corrected chi connectivity index (χ2v) is 13.4. The fraction of sp³-hybridized carbons (Fsp3) is 0.649. The van der Waals surface area contributed by atoms with Crippen molar-refractivity contribution >= 4 is 12.1 Å². The number of hydrogen-bond donors (Lipinski definition) is 1. The first-order chi connectivity index (χ1) is 21.7. The zero-order chi connectivity index (χ0) is 32.2. The fourth-order valence-electron chi connectivity index (χ4n) is 6.75. The van der Waals surface area contributed by atoms with E-state index in [1.165, 1.54) is 38.5 Å². The lowest BCUT2D eigenvalue weighted by Crippen LogP contribution is -2.52. The molecule has 0 bridgehead atoms. The molecule has 0 aromatic carbocycles. The normalized spacial score (nSPS) is 30.1. The predicted molar refractivity (Wildman–Crippen MR) is 178 cm³/mol. The highest BCUT2D eigenvalue weighted by atomic mass is 16.6. The number of aliphatic hydroxyl groups excluding tert-OH is 1. The Balaban J connectivity index is 1.42. The highest BCUT2D eigenvalue weighted by Gasteiger charge is 2.31. The van der Waals surface area contributed by atoms with Gasteiger partial charge in [0, 0.05) is 55.9 Å². The molecule has 4 rings (SSSR count). The van der Waals surface area contributed by atoms with Crippen LogP contribution in [0, 0.1) is 11.8 Å². The maximum atomic E-state index is 13.4. The number of cyclic esters (lactones) is 1. The second kappa shape index (κ2) is 17.7. The van der Waals surface area contributed by atoms with Crippen LogP contribution in [-0.4, -0.2) is 82.5 Å². The summed E-state index contributed by atoms with van der Waals surface area (Å²) in [6, 6.07) is 6.53. The third-order valence-corrected chi connectivity index (χ3v) is 9.77. The molecule has 3 aliphatic rings.